The first-order valence-electron chi connectivity index (χ1n) is 5.74. The van der Waals surface area contributed by atoms with Crippen molar-refractivity contribution in [2.75, 3.05) is 5.32 Å². The number of aromatic amines is 1. The van der Waals surface area contributed by atoms with Gasteiger partial charge in [0, 0.05) is 11.6 Å². The lowest BCUT2D eigenvalue weighted by Gasteiger charge is -2.03. The number of nitrogens with zero attached hydrogens (tertiary/aromatic N) is 1. The highest BCUT2D eigenvalue weighted by Gasteiger charge is 2.01. The third-order valence-electron chi connectivity index (χ3n) is 2.74. The zero-order valence-corrected chi connectivity index (χ0v) is 10.4. The highest BCUT2D eigenvalue weighted by atomic mass is 35.5. The van der Waals surface area contributed by atoms with Crippen LogP contribution in [-0.2, 0) is 6.54 Å². The van der Waals surface area contributed by atoms with E-state index in [9.17, 15) is 0 Å². The maximum absolute atomic E-state index is 5.94. The van der Waals surface area contributed by atoms with Crippen LogP contribution in [0.2, 0.25) is 5.02 Å². The van der Waals surface area contributed by atoms with Gasteiger partial charge in [-0.3, -0.25) is 0 Å². The number of para-hydroxylation sites is 2. The number of nitrogens with one attached hydrogen (secondary N) is 2. The Morgan fingerprint density at radius 2 is 2.00 bits per heavy atom. The van der Waals surface area contributed by atoms with E-state index in [0.29, 0.717) is 6.54 Å². The van der Waals surface area contributed by atoms with Crippen LogP contribution in [0.3, 0.4) is 0 Å². The Morgan fingerprint density at radius 1 is 1.11 bits per heavy atom. The van der Waals surface area contributed by atoms with Gasteiger partial charge < -0.3 is 10.3 Å². The quantitative estimate of drug-likeness (QED) is 0.749. The number of hydrogen-bond acceptors (Lipinski definition) is 2. The van der Waals surface area contributed by atoms with Gasteiger partial charge in [-0.1, -0.05) is 35.9 Å². The number of H-pyrrole nitrogens is 1. The van der Waals surface area contributed by atoms with Gasteiger partial charge in [-0.15, -0.1) is 0 Å². The van der Waals surface area contributed by atoms with Gasteiger partial charge in [0.1, 0.15) is 0 Å². The van der Waals surface area contributed by atoms with Crippen LogP contribution in [0.15, 0.2) is 48.5 Å². The molecule has 0 aliphatic heterocycles. The average Bonchev–Trinajstić information content (AvgIpc) is 2.79. The Morgan fingerprint density at radius 3 is 2.83 bits per heavy atom. The van der Waals surface area contributed by atoms with E-state index in [2.05, 4.69) is 15.3 Å². The molecule has 3 nitrogen and oxygen atoms in total. The number of rotatable bonds is 3. The van der Waals surface area contributed by atoms with Crippen LogP contribution in [0.1, 0.15) is 5.56 Å². The van der Waals surface area contributed by atoms with Gasteiger partial charge in [0.25, 0.3) is 0 Å². The predicted octanol–water partition coefficient (Wildman–Crippen LogP) is 3.83. The van der Waals surface area contributed by atoms with Crippen LogP contribution in [0.5, 0.6) is 0 Å². The maximum Gasteiger partial charge on any atom is 0.201 e. The smallest absolute Gasteiger partial charge is 0.201 e. The fourth-order valence-corrected chi connectivity index (χ4v) is 2.08. The molecule has 0 unspecified atom stereocenters. The van der Waals surface area contributed by atoms with Crippen molar-refractivity contribution in [3.8, 4) is 0 Å². The molecule has 3 rings (SSSR count). The second-order valence-corrected chi connectivity index (χ2v) is 4.52. The molecule has 90 valence electrons. The largest absolute Gasteiger partial charge is 0.352 e. The Balaban J connectivity index is 1.76. The number of halogens is 1. The van der Waals surface area contributed by atoms with Crippen LogP contribution < -0.4 is 5.32 Å². The van der Waals surface area contributed by atoms with Crippen LogP contribution in [0.4, 0.5) is 5.95 Å². The van der Waals surface area contributed by atoms with Crippen molar-refractivity contribution in [2.24, 2.45) is 0 Å². The van der Waals surface area contributed by atoms with Crippen LogP contribution in [-0.4, -0.2) is 9.97 Å². The SMILES string of the molecule is Clc1cccc(CNc2nc3ccccc3[nH]2)c1. The molecule has 0 spiro atoms. The number of anilines is 1. The minimum atomic E-state index is 0.695. The molecule has 0 atom stereocenters. The Bertz CT molecular complexity index is 642. The molecule has 2 aromatic carbocycles. The van der Waals surface area contributed by atoms with Gasteiger partial charge in [0.2, 0.25) is 5.95 Å². The molecule has 0 saturated carbocycles. The molecular formula is C14H12ClN3. The van der Waals surface area contributed by atoms with Gasteiger partial charge in [-0.05, 0) is 29.8 Å². The number of benzene rings is 2. The molecule has 0 saturated heterocycles. The number of fused-ring (bicyclic) bond motifs is 1. The molecule has 0 bridgehead atoms. The molecule has 0 radical (unpaired) electrons. The second kappa shape index (κ2) is 4.70. The van der Waals surface area contributed by atoms with E-state index in [1.54, 1.807) is 0 Å². The van der Waals surface area contributed by atoms with Crippen molar-refractivity contribution in [1.29, 1.82) is 0 Å². The van der Waals surface area contributed by atoms with E-state index in [1.165, 1.54) is 0 Å². The summed E-state index contributed by atoms with van der Waals surface area (Å²) in [4.78, 5) is 7.68. The molecule has 2 N–H and O–H groups in total. The summed E-state index contributed by atoms with van der Waals surface area (Å²) < 4.78 is 0. The van der Waals surface area contributed by atoms with Gasteiger partial charge in [-0.25, -0.2) is 4.98 Å². The topological polar surface area (TPSA) is 40.7 Å². The monoisotopic (exact) mass is 257 g/mol. The van der Waals surface area contributed by atoms with Gasteiger partial charge in [0.05, 0.1) is 11.0 Å². The summed E-state index contributed by atoms with van der Waals surface area (Å²) in [6, 6.07) is 15.7. The highest BCUT2D eigenvalue weighted by Crippen LogP contribution is 2.15. The number of aromatic nitrogens is 2. The first-order chi connectivity index (χ1) is 8.81. The van der Waals surface area contributed by atoms with E-state index in [4.69, 9.17) is 11.6 Å². The minimum absolute atomic E-state index is 0.695. The minimum Gasteiger partial charge on any atom is -0.352 e. The number of imidazole rings is 1. The van der Waals surface area contributed by atoms with E-state index < -0.39 is 0 Å². The summed E-state index contributed by atoms with van der Waals surface area (Å²) in [6.07, 6.45) is 0. The van der Waals surface area contributed by atoms with Crippen molar-refractivity contribution in [3.05, 3.63) is 59.1 Å². The van der Waals surface area contributed by atoms with E-state index >= 15 is 0 Å². The lowest BCUT2D eigenvalue weighted by molar-refractivity contribution is 1.10. The fourth-order valence-electron chi connectivity index (χ4n) is 1.87. The predicted molar refractivity (Wildman–Crippen MR) is 74.9 cm³/mol. The van der Waals surface area contributed by atoms with Crippen molar-refractivity contribution in [3.63, 3.8) is 0 Å². The van der Waals surface area contributed by atoms with Crippen molar-refractivity contribution in [1.82, 2.24) is 9.97 Å². The van der Waals surface area contributed by atoms with Crippen molar-refractivity contribution < 1.29 is 0 Å². The molecule has 4 heteroatoms. The van der Waals surface area contributed by atoms with Gasteiger partial charge in [-0.2, -0.15) is 0 Å². The first-order valence-corrected chi connectivity index (χ1v) is 6.12. The summed E-state index contributed by atoms with van der Waals surface area (Å²) in [5.41, 5.74) is 3.13. The summed E-state index contributed by atoms with van der Waals surface area (Å²) >= 11 is 5.94. The number of hydrogen-bond donors (Lipinski definition) is 2. The molecule has 0 aliphatic rings. The third kappa shape index (κ3) is 2.31. The summed E-state index contributed by atoms with van der Waals surface area (Å²) in [7, 11) is 0. The van der Waals surface area contributed by atoms with E-state index in [0.717, 1.165) is 27.6 Å². The zero-order chi connectivity index (χ0) is 12.4. The Hall–Kier alpha value is -2.00. The van der Waals surface area contributed by atoms with Gasteiger partial charge in [0.15, 0.2) is 0 Å². The molecule has 0 fully saturated rings. The highest BCUT2D eigenvalue weighted by molar-refractivity contribution is 6.30. The lowest BCUT2D eigenvalue weighted by Crippen LogP contribution is -2.00. The molecule has 1 heterocycles. The molecule has 0 aliphatic carbocycles. The van der Waals surface area contributed by atoms with Crippen LogP contribution in [0.25, 0.3) is 11.0 Å². The molecule has 18 heavy (non-hydrogen) atoms. The standard InChI is InChI=1S/C14H12ClN3/c15-11-5-3-4-10(8-11)9-16-14-17-12-6-1-2-7-13(12)18-14/h1-8H,9H2,(H2,16,17,18). The Kier molecular flexibility index (Phi) is 2.90. The zero-order valence-electron chi connectivity index (χ0n) is 9.65. The Labute approximate surface area is 110 Å². The normalized spacial score (nSPS) is 10.7. The van der Waals surface area contributed by atoms with Gasteiger partial charge >= 0.3 is 0 Å². The molecule has 0 amide bonds. The lowest BCUT2D eigenvalue weighted by atomic mass is 10.2. The summed E-state index contributed by atoms with van der Waals surface area (Å²) in [5, 5.41) is 4.00. The third-order valence-corrected chi connectivity index (χ3v) is 2.97. The van der Waals surface area contributed by atoms with E-state index in [1.807, 2.05) is 48.5 Å². The van der Waals surface area contributed by atoms with Crippen LogP contribution in [0, 0.1) is 0 Å². The van der Waals surface area contributed by atoms with Crippen molar-refractivity contribution in [2.45, 2.75) is 6.54 Å². The van der Waals surface area contributed by atoms with E-state index in [-0.39, 0.29) is 0 Å². The molecular weight excluding hydrogens is 246 g/mol. The maximum atomic E-state index is 5.94. The second-order valence-electron chi connectivity index (χ2n) is 4.09. The summed E-state index contributed by atoms with van der Waals surface area (Å²) in [5.74, 6) is 0.774. The average molecular weight is 258 g/mol. The molecule has 3 aromatic rings. The fraction of sp³-hybridized carbons (Fsp3) is 0.0714. The first kappa shape index (κ1) is 11.1. The van der Waals surface area contributed by atoms with Crippen molar-refractivity contribution >= 4 is 28.6 Å². The molecule has 1 aromatic heterocycles. The summed E-state index contributed by atoms with van der Waals surface area (Å²) in [6.45, 7) is 0.695. The van der Waals surface area contributed by atoms with Crippen LogP contribution >= 0.6 is 11.6 Å².